The maximum Gasteiger partial charge on any atom is 0.407 e. The molecule has 1 aliphatic carbocycles. The summed E-state index contributed by atoms with van der Waals surface area (Å²) in [5.41, 5.74) is 1.14. The van der Waals surface area contributed by atoms with Crippen LogP contribution in [0.2, 0.25) is 0 Å². The molecule has 1 N–H and O–H groups in total. The number of nitrogens with one attached hydrogen (secondary N) is 1. The summed E-state index contributed by atoms with van der Waals surface area (Å²) in [6.45, 7) is 5.58. The molecule has 1 unspecified atom stereocenters. The van der Waals surface area contributed by atoms with Gasteiger partial charge in [-0.2, -0.15) is 0 Å². The van der Waals surface area contributed by atoms with Crippen LogP contribution in [0.4, 0.5) is 4.79 Å². The Morgan fingerprint density at radius 2 is 1.96 bits per heavy atom. The molecule has 0 bridgehead atoms. The van der Waals surface area contributed by atoms with Crippen molar-refractivity contribution < 1.29 is 19.1 Å². The monoisotopic (exact) mass is 358 g/mol. The second kappa shape index (κ2) is 7.02. The molecule has 140 valence electrons. The molecule has 1 saturated carbocycles. The van der Waals surface area contributed by atoms with E-state index < -0.39 is 5.60 Å². The third kappa shape index (κ3) is 4.00. The lowest BCUT2D eigenvalue weighted by molar-refractivity contribution is 0.0503. The van der Waals surface area contributed by atoms with E-state index in [1.165, 1.54) is 7.11 Å². The Hall–Kier alpha value is -2.50. The molecule has 0 radical (unpaired) electrons. The zero-order valence-corrected chi connectivity index (χ0v) is 15.7. The standard InChI is InChI=1S/C20H26N2O4/c1-20(2,3)26-19(24)21-15-6-7-16(12-15)22-10-9-13-11-14(18(23)25-4)5-8-17(13)22/h5,8-11,15-16H,6-7,12H2,1-4H3,(H,21,24)/t15-,16?/m1/s1. The summed E-state index contributed by atoms with van der Waals surface area (Å²) < 4.78 is 12.4. The van der Waals surface area contributed by atoms with Crippen LogP contribution < -0.4 is 5.32 Å². The number of benzene rings is 1. The van der Waals surface area contributed by atoms with E-state index in [-0.39, 0.29) is 18.1 Å². The molecule has 0 saturated heterocycles. The van der Waals surface area contributed by atoms with E-state index in [0.29, 0.717) is 11.6 Å². The summed E-state index contributed by atoms with van der Waals surface area (Å²) in [6, 6.07) is 8.03. The summed E-state index contributed by atoms with van der Waals surface area (Å²) in [5, 5.41) is 3.98. The molecular formula is C20H26N2O4. The minimum absolute atomic E-state index is 0.113. The van der Waals surface area contributed by atoms with E-state index in [9.17, 15) is 9.59 Å². The Kier molecular flexibility index (Phi) is 4.94. The number of hydrogen-bond donors (Lipinski definition) is 1. The molecule has 26 heavy (non-hydrogen) atoms. The van der Waals surface area contributed by atoms with Crippen LogP contribution in [0.3, 0.4) is 0 Å². The Balaban J connectivity index is 1.69. The van der Waals surface area contributed by atoms with Crippen LogP contribution in [0.5, 0.6) is 0 Å². The molecule has 3 rings (SSSR count). The van der Waals surface area contributed by atoms with Gasteiger partial charge in [-0.25, -0.2) is 9.59 Å². The molecule has 1 aliphatic rings. The highest BCUT2D eigenvalue weighted by Crippen LogP contribution is 2.33. The number of aromatic nitrogens is 1. The Labute approximate surface area is 153 Å². The van der Waals surface area contributed by atoms with Crippen LogP contribution in [-0.2, 0) is 9.47 Å². The SMILES string of the molecule is COC(=O)c1ccc2c(ccn2C2CC[C@@H](NC(=O)OC(C)(C)C)C2)c1. The van der Waals surface area contributed by atoms with Crippen molar-refractivity contribution >= 4 is 23.0 Å². The van der Waals surface area contributed by atoms with Gasteiger partial charge in [0.1, 0.15) is 5.60 Å². The lowest BCUT2D eigenvalue weighted by Crippen LogP contribution is -2.38. The average molecular weight is 358 g/mol. The van der Waals surface area contributed by atoms with Crippen molar-refractivity contribution in [2.24, 2.45) is 0 Å². The van der Waals surface area contributed by atoms with Crippen molar-refractivity contribution in [2.75, 3.05) is 7.11 Å². The third-order valence-corrected chi connectivity index (χ3v) is 4.66. The van der Waals surface area contributed by atoms with Crippen molar-refractivity contribution in [3.63, 3.8) is 0 Å². The Bertz CT molecular complexity index is 819. The Morgan fingerprint density at radius 3 is 2.65 bits per heavy atom. The number of fused-ring (bicyclic) bond motifs is 1. The van der Waals surface area contributed by atoms with Crippen molar-refractivity contribution in [3.05, 3.63) is 36.0 Å². The summed E-state index contributed by atoms with van der Waals surface area (Å²) in [6.07, 6.45) is 4.46. The van der Waals surface area contributed by atoms with Gasteiger partial charge in [0.25, 0.3) is 0 Å². The van der Waals surface area contributed by atoms with Gasteiger partial charge in [0, 0.05) is 29.2 Å². The number of rotatable bonds is 3. The van der Waals surface area contributed by atoms with E-state index >= 15 is 0 Å². The number of nitrogens with zero attached hydrogens (tertiary/aromatic N) is 1. The molecule has 0 spiro atoms. The molecule has 2 aromatic rings. The molecule has 6 nitrogen and oxygen atoms in total. The summed E-state index contributed by atoms with van der Waals surface area (Å²) in [4.78, 5) is 23.6. The van der Waals surface area contributed by atoms with Gasteiger partial charge in [0.15, 0.2) is 0 Å². The number of methoxy groups -OCH3 is 1. The number of hydrogen-bond acceptors (Lipinski definition) is 4. The van der Waals surface area contributed by atoms with Crippen molar-refractivity contribution in [1.82, 2.24) is 9.88 Å². The molecule has 0 aliphatic heterocycles. The predicted octanol–water partition coefficient (Wildman–Crippen LogP) is 4.05. The highest BCUT2D eigenvalue weighted by molar-refractivity contribution is 5.94. The lowest BCUT2D eigenvalue weighted by atomic mass is 10.1. The van der Waals surface area contributed by atoms with E-state index in [1.807, 2.05) is 45.2 Å². The second-order valence-electron chi connectivity index (χ2n) is 7.80. The average Bonchev–Trinajstić information content (AvgIpc) is 3.17. The largest absolute Gasteiger partial charge is 0.465 e. The van der Waals surface area contributed by atoms with Gasteiger partial charge in [-0.3, -0.25) is 0 Å². The minimum Gasteiger partial charge on any atom is -0.465 e. The maximum atomic E-state index is 12.0. The zero-order valence-electron chi connectivity index (χ0n) is 15.7. The fourth-order valence-corrected chi connectivity index (χ4v) is 3.54. The van der Waals surface area contributed by atoms with Crippen molar-refractivity contribution in [2.45, 2.75) is 57.7 Å². The smallest absolute Gasteiger partial charge is 0.407 e. The quantitative estimate of drug-likeness (QED) is 0.841. The molecule has 1 aromatic carbocycles. The van der Waals surface area contributed by atoms with Gasteiger partial charge in [-0.05, 0) is 64.3 Å². The first-order valence-corrected chi connectivity index (χ1v) is 8.95. The molecule has 1 aromatic heterocycles. The summed E-state index contributed by atoms with van der Waals surface area (Å²) in [7, 11) is 1.38. The molecule has 6 heteroatoms. The molecule has 1 amide bonds. The molecule has 1 fully saturated rings. The van der Waals surface area contributed by atoms with Gasteiger partial charge in [0.05, 0.1) is 12.7 Å². The fourth-order valence-electron chi connectivity index (χ4n) is 3.54. The van der Waals surface area contributed by atoms with E-state index in [2.05, 4.69) is 9.88 Å². The van der Waals surface area contributed by atoms with E-state index in [0.717, 1.165) is 30.2 Å². The van der Waals surface area contributed by atoms with Crippen LogP contribution in [0.1, 0.15) is 56.4 Å². The number of carbonyl (C=O) groups is 2. The normalized spacial score (nSPS) is 20.2. The lowest BCUT2D eigenvalue weighted by Gasteiger charge is -2.22. The first-order valence-electron chi connectivity index (χ1n) is 8.95. The van der Waals surface area contributed by atoms with Crippen molar-refractivity contribution in [1.29, 1.82) is 0 Å². The van der Waals surface area contributed by atoms with Gasteiger partial charge in [-0.15, -0.1) is 0 Å². The minimum atomic E-state index is -0.490. The van der Waals surface area contributed by atoms with Gasteiger partial charge >= 0.3 is 12.1 Å². The number of amides is 1. The van der Waals surface area contributed by atoms with E-state index in [1.54, 1.807) is 6.07 Å². The van der Waals surface area contributed by atoms with Crippen LogP contribution in [0, 0.1) is 0 Å². The Morgan fingerprint density at radius 1 is 1.19 bits per heavy atom. The molecular weight excluding hydrogens is 332 g/mol. The van der Waals surface area contributed by atoms with Gasteiger partial charge in [0.2, 0.25) is 0 Å². The number of ether oxygens (including phenoxy) is 2. The maximum absolute atomic E-state index is 12.0. The van der Waals surface area contributed by atoms with Gasteiger partial charge in [-0.1, -0.05) is 0 Å². The summed E-state index contributed by atoms with van der Waals surface area (Å²) >= 11 is 0. The van der Waals surface area contributed by atoms with E-state index in [4.69, 9.17) is 9.47 Å². The molecule has 1 heterocycles. The number of alkyl carbamates (subject to hydrolysis) is 1. The summed E-state index contributed by atoms with van der Waals surface area (Å²) in [5.74, 6) is -0.331. The molecule has 2 atom stereocenters. The van der Waals surface area contributed by atoms with Crippen LogP contribution >= 0.6 is 0 Å². The fraction of sp³-hybridized carbons (Fsp3) is 0.500. The highest BCUT2D eigenvalue weighted by Gasteiger charge is 2.29. The zero-order chi connectivity index (χ0) is 18.9. The van der Waals surface area contributed by atoms with Crippen LogP contribution in [0.25, 0.3) is 10.9 Å². The first kappa shape index (κ1) is 18.3. The number of esters is 1. The van der Waals surface area contributed by atoms with Gasteiger partial charge < -0.3 is 19.4 Å². The van der Waals surface area contributed by atoms with Crippen LogP contribution in [0.15, 0.2) is 30.5 Å². The second-order valence-corrected chi connectivity index (χ2v) is 7.80. The number of carbonyl (C=O) groups excluding carboxylic acids is 2. The first-order chi connectivity index (χ1) is 12.3. The van der Waals surface area contributed by atoms with Crippen LogP contribution in [-0.4, -0.2) is 35.4 Å². The topological polar surface area (TPSA) is 69.6 Å². The van der Waals surface area contributed by atoms with Crippen molar-refractivity contribution in [3.8, 4) is 0 Å². The predicted molar refractivity (Wildman–Crippen MR) is 99.3 cm³/mol. The third-order valence-electron chi connectivity index (χ3n) is 4.66. The highest BCUT2D eigenvalue weighted by atomic mass is 16.6.